The summed E-state index contributed by atoms with van der Waals surface area (Å²) in [6.45, 7) is 7.04. The highest BCUT2D eigenvalue weighted by molar-refractivity contribution is 7.09. The number of thiophene rings is 1. The average Bonchev–Trinajstić information content (AvgIpc) is 2.86. The van der Waals surface area contributed by atoms with E-state index in [0.717, 1.165) is 26.1 Å². The largest absolute Gasteiger partial charge is 0.366 e. The van der Waals surface area contributed by atoms with E-state index in [1.807, 2.05) is 11.3 Å². The number of rotatable bonds is 6. The summed E-state index contributed by atoms with van der Waals surface area (Å²) in [5, 5.41) is 2.14. The molecule has 19 heavy (non-hydrogen) atoms. The second-order valence-electron chi connectivity index (χ2n) is 4.99. The molecule has 0 spiro atoms. The molecule has 0 amide bonds. The second-order valence-corrected chi connectivity index (χ2v) is 6.02. The number of anilines is 1. The van der Waals surface area contributed by atoms with Gasteiger partial charge in [-0.15, -0.1) is 11.3 Å². The monoisotopic (exact) mass is 274 g/mol. The van der Waals surface area contributed by atoms with E-state index in [9.17, 15) is 0 Å². The summed E-state index contributed by atoms with van der Waals surface area (Å²) in [6, 6.07) is 11.1. The van der Waals surface area contributed by atoms with E-state index >= 15 is 0 Å². The average molecular weight is 274 g/mol. The summed E-state index contributed by atoms with van der Waals surface area (Å²) in [6.07, 6.45) is 1.03. The van der Waals surface area contributed by atoms with Crippen molar-refractivity contribution in [3.05, 3.63) is 51.7 Å². The van der Waals surface area contributed by atoms with E-state index < -0.39 is 0 Å². The fourth-order valence-corrected chi connectivity index (χ4v) is 3.02. The second kappa shape index (κ2) is 6.73. The number of hydrogen-bond donors (Lipinski definition) is 1. The van der Waals surface area contributed by atoms with Crippen molar-refractivity contribution >= 4 is 17.0 Å². The van der Waals surface area contributed by atoms with Gasteiger partial charge in [0.1, 0.15) is 0 Å². The number of benzene rings is 1. The van der Waals surface area contributed by atoms with Crippen molar-refractivity contribution in [2.24, 2.45) is 5.73 Å². The Balaban J connectivity index is 2.20. The Morgan fingerprint density at radius 1 is 1.16 bits per heavy atom. The summed E-state index contributed by atoms with van der Waals surface area (Å²) in [5.41, 5.74) is 9.61. The summed E-state index contributed by atoms with van der Waals surface area (Å²) < 4.78 is 0. The van der Waals surface area contributed by atoms with E-state index in [4.69, 9.17) is 5.73 Å². The molecule has 2 nitrogen and oxygen atoms in total. The van der Waals surface area contributed by atoms with Crippen LogP contribution in [0.5, 0.6) is 0 Å². The fourth-order valence-electron chi connectivity index (χ4n) is 2.31. The number of hydrogen-bond acceptors (Lipinski definition) is 3. The van der Waals surface area contributed by atoms with E-state index in [0.29, 0.717) is 0 Å². The minimum atomic E-state index is 0.742. The first-order chi connectivity index (χ1) is 9.19. The molecule has 0 aliphatic heterocycles. The molecule has 2 rings (SSSR count). The molecule has 0 fully saturated rings. The molecule has 0 unspecified atom stereocenters. The molecular formula is C16H22N2S. The summed E-state index contributed by atoms with van der Waals surface area (Å²) in [7, 11) is 0. The van der Waals surface area contributed by atoms with Crippen LogP contribution in [-0.4, -0.2) is 13.1 Å². The highest BCUT2D eigenvalue weighted by Gasteiger charge is 2.08. The van der Waals surface area contributed by atoms with Crippen LogP contribution in [0.2, 0.25) is 0 Å². The van der Waals surface area contributed by atoms with E-state index in [-0.39, 0.29) is 0 Å². The van der Waals surface area contributed by atoms with Crippen molar-refractivity contribution in [2.45, 2.75) is 26.8 Å². The van der Waals surface area contributed by atoms with Crippen LogP contribution in [0.15, 0.2) is 35.7 Å². The lowest BCUT2D eigenvalue weighted by Crippen LogP contribution is -2.25. The first-order valence-corrected chi connectivity index (χ1v) is 7.62. The van der Waals surface area contributed by atoms with Gasteiger partial charge in [-0.25, -0.2) is 0 Å². The van der Waals surface area contributed by atoms with Crippen molar-refractivity contribution in [3.8, 4) is 0 Å². The zero-order valence-electron chi connectivity index (χ0n) is 11.7. The quantitative estimate of drug-likeness (QED) is 0.870. The zero-order valence-corrected chi connectivity index (χ0v) is 12.5. The van der Waals surface area contributed by atoms with Gasteiger partial charge in [0, 0.05) is 17.1 Å². The minimum absolute atomic E-state index is 0.742. The van der Waals surface area contributed by atoms with Gasteiger partial charge in [0.25, 0.3) is 0 Å². The van der Waals surface area contributed by atoms with Gasteiger partial charge in [0.2, 0.25) is 0 Å². The van der Waals surface area contributed by atoms with Crippen LogP contribution in [-0.2, 0) is 6.54 Å². The van der Waals surface area contributed by atoms with Crippen LogP contribution in [0.25, 0.3) is 0 Å². The van der Waals surface area contributed by atoms with Crippen molar-refractivity contribution in [3.63, 3.8) is 0 Å². The van der Waals surface area contributed by atoms with Gasteiger partial charge < -0.3 is 10.6 Å². The molecule has 0 aliphatic carbocycles. The number of nitrogens with two attached hydrogens (primary N) is 1. The standard InChI is InChI=1S/C16H22N2S/c1-13-9-14(2)11-15(10-13)18(7-4-6-17)12-16-5-3-8-19-16/h3,5,8-11H,4,6-7,12,17H2,1-2H3. The van der Waals surface area contributed by atoms with Crippen LogP contribution in [0, 0.1) is 13.8 Å². The molecule has 1 aromatic heterocycles. The van der Waals surface area contributed by atoms with Gasteiger partial charge in [0.15, 0.2) is 0 Å². The van der Waals surface area contributed by atoms with Gasteiger partial charge in [-0.1, -0.05) is 12.1 Å². The van der Waals surface area contributed by atoms with Crippen LogP contribution in [0.3, 0.4) is 0 Å². The molecule has 2 aromatic rings. The van der Waals surface area contributed by atoms with Crippen molar-refractivity contribution in [1.82, 2.24) is 0 Å². The van der Waals surface area contributed by atoms with Crippen LogP contribution >= 0.6 is 11.3 Å². The van der Waals surface area contributed by atoms with Crippen LogP contribution < -0.4 is 10.6 Å². The van der Waals surface area contributed by atoms with Gasteiger partial charge >= 0.3 is 0 Å². The molecule has 1 heterocycles. The molecule has 0 aliphatic rings. The third kappa shape index (κ3) is 4.08. The Hall–Kier alpha value is -1.32. The van der Waals surface area contributed by atoms with Crippen molar-refractivity contribution in [1.29, 1.82) is 0 Å². The van der Waals surface area contributed by atoms with Gasteiger partial charge in [-0.05, 0) is 61.5 Å². The fraction of sp³-hybridized carbons (Fsp3) is 0.375. The lowest BCUT2D eigenvalue weighted by Gasteiger charge is -2.25. The Kier molecular flexibility index (Phi) is 5.00. The number of nitrogens with zero attached hydrogens (tertiary/aromatic N) is 1. The molecule has 0 bridgehead atoms. The third-order valence-corrected chi connectivity index (χ3v) is 3.99. The summed E-state index contributed by atoms with van der Waals surface area (Å²) in [4.78, 5) is 3.83. The van der Waals surface area contributed by atoms with Gasteiger partial charge in [-0.3, -0.25) is 0 Å². The first kappa shape index (κ1) is 14.1. The summed E-state index contributed by atoms with van der Waals surface area (Å²) in [5.74, 6) is 0. The zero-order chi connectivity index (χ0) is 13.7. The van der Waals surface area contributed by atoms with E-state index in [2.05, 4.69) is 54.5 Å². The van der Waals surface area contributed by atoms with E-state index in [1.54, 1.807) is 0 Å². The Morgan fingerprint density at radius 3 is 2.47 bits per heavy atom. The van der Waals surface area contributed by atoms with Crippen molar-refractivity contribution < 1.29 is 0 Å². The molecule has 1 aromatic carbocycles. The maximum absolute atomic E-state index is 5.66. The third-order valence-electron chi connectivity index (χ3n) is 3.13. The lowest BCUT2D eigenvalue weighted by molar-refractivity contribution is 0.740. The highest BCUT2D eigenvalue weighted by Crippen LogP contribution is 2.22. The Bertz CT molecular complexity index is 485. The lowest BCUT2D eigenvalue weighted by atomic mass is 10.1. The van der Waals surface area contributed by atoms with Gasteiger partial charge in [-0.2, -0.15) is 0 Å². The predicted octanol–water partition coefficient (Wildman–Crippen LogP) is 3.72. The molecule has 0 saturated carbocycles. The Labute approximate surface area is 119 Å². The first-order valence-electron chi connectivity index (χ1n) is 6.75. The topological polar surface area (TPSA) is 29.3 Å². The maximum atomic E-state index is 5.66. The molecule has 0 saturated heterocycles. The van der Waals surface area contributed by atoms with Crippen LogP contribution in [0.1, 0.15) is 22.4 Å². The van der Waals surface area contributed by atoms with Crippen LogP contribution in [0.4, 0.5) is 5.69 Å². The smallest absolute Gasteiger partial charge is 0.0522 e. The molecule has 3 heteroatoms. The Morgan fingerprint density at radius 2 is 1.89 bits per heavy atom. The molecule has 0 radical (unpaired) electrons. The highest BCUT2D eigenvalue weighted by atomic mass is 32.1. The summed E-state index contributed by atoms with van der Waals surface area (Å²) >= 11 is 1.81. The molecule has 2 N–H and O–H groups in total. The maximum Gasteiger partial charge on any atom is 0.0522 e. The normalized spacial score (nSPS) is 10.7. The predicted molar refractivity (Wildman–Crippen MR) is 85.0 cm³/mol. The number of aryl methyl sites for hydroxylation is 2. The molecule has 0 atom stereocenters. The van der Waals surface area contributed by atoms with Crippen molar-refractivity contribution in [2.75, 3.05) is 18.0 Å². The molecular weight excluding hydrogens is 252 g/mol. The van der Waals surface area contributed by atoms with Gasteiger partial charge in [0.05, 0.1) is 6.54 Å². The molecule has 102 valence electrons. The SMILES string of the molecule is Cc1cc(C)cc(N(CCCN)Cc2cccs2)c1. The van der Waals surface area contributed by atoms with E-state index in [1.165, 1.54) is 21.7 Å². The minimum Gasteiger partial charge on any atom is -0.366 e.